The van der Waals surface area contributed by atoms with Gasteiger partial charge in [-0.05, 0) is 57.1 Å². The van der Waals surface area contributed by atoms with E-state index in [1.54, 1.807) is 0 Å². The van der Waals surface area contributed by atoms with Gasteiger partial charge in [-0.15, -0.1) is 11.3 Å². The van der Waals surface area contributed by atoms with Crippen LogP contribution in [0, 0.1) is 0 Å². The molecule has 0 saturated carbocycles. The number of imidazole rings is 1. The molecule has 0 atom stereocenters. The van der Waals surface area contributed by atoms with Gasteiger partial charge in [0.05, 0.1) is 16.6 Å². The van der Waals surface area contributed by atoms with Crippen LogP contribution in [0.4, 0.5) is 0 Å². The van der Waals surface area contributed by atoms with Crippen LogP contribution in [0.15, 0.2) is 188 Å². The van der Waals surface area contributed by atoms with E-state index in [1.807, 2.05) is 11.3 Å². The highest BCUT2D eigenvalue weighted by Gasteiger charge is 2.42. The van der Waals surface area contributed by atoms with Gasteiger partial charge in [0.25, 0.3) is 0 Å². The molecule has 0 fully saturated rings. The Morgan fingerprint density at radius 2 is 1.15 bits per heavy atom. The van der Waals surface area contributed by atoms with Crippen molar-refractivity contribution < 1.29 is 0 Å². The van der Waals surface area contributed by atoms with Crippen molar-refractivity contribution >= 4 is 93.3 Å². The zero-order chi connectivity index (χ0) is 36.5. The van der Waals surface area contributed by atoms with Crippen LogP contribution in [-0.2, 0) is 7.05 Å². The average Bonchev–Trinajstić information content (AvgIpc) is 3.91. The molecular weight excluding hydrogens is 705 g/mol. The normalized spacial score (nSPS) is 12.1. The van der Waals surface area contributed by atoms with E-state index < -0.39 is 8.07 Å². The SMILES string of the molecule is Cn1c(-c2cccc([Si](c3ccccc3)(c3ccccc3)c3cccc(-n4c5ccccc5c5c6sc7ccccc7c6cnc54)c3)c2)nc2ccccc21. The lowest BCUT2D eigenvalue weighted by atomic mass is 10.1. The van der Waals surface area contributed by atoms with Gasteiger partial charge >= 0.3 is 0 Å². The molecule has 0 unspecified atom stereocenters. The summed E-state index contributed by atoms with van der Waals surface area (Å²) in [5.41, 5.74) is 6.47. The number of thiophene rings is 1. The van der Waals surface area contributed by atoms with Crippen LogP contribution < -0.4 is 20.7 Å². The third kappa shape index (κ3) is 4.75. The summed E-state index contributed by atoms with van der Waals surface area (Å²) in [5, 5.41) is 10.2. The number of hydrogen-bond donors (Lipinski definition) is 0. The minimum absolute atomic E-state index is 0.963. The topological polar surface area (TPSA) is 35.6 Å². The van der Waals surface area contributed by atoms with Gasteiger partial charge in [-0.1, -0.05) is 146 Å². The summed E-state index contributed by atoms with van der Waals surface area (Å²) in [6.45, 7) is 0. The summed E-state index contributed by atoms with van der Waals surface area (Å²) >= 11 is 1.86. The van der Waals surface area contributed by atoms with Gasteiger partial charge in [-0.25, -0.2) is 9.97 Å². The lowest BCUT2D eigenvalue weighted by Crippen LogP contribution is -2.74. The summed E-state index contributed by atoms with van der Waals surface area (Å²) in [6.07, 6.45) is 2.08. The molecule has 4 nitrogen and oxygen atoms in total. The minimum atomic E-state index is -2.93. The van der Waals surface area contributed by atoms with E-state index in [1.165, 1.54) is 51.7 Å². The third-order valence-electron chi connectivity index (χ3n) is 11.3. The molecule has 0 radical (unpaired) electrons. The minimum Gasteiger partial charge on any atom is -0.327 e. The van der Waals surface area contributed by atoms with Gasteiger partial charge in [0.15, 0.2) is 8.07 Å². The number of benzene rings is 7. The van der Waals surface area contributed by atoms with Crippen molar-refractivity contribution in [1.82, 2.24) is 19.1 Å². The van der Waals surface area contributed by atoms with Gasteiger partial charge in [-0.2, -0.15) is 0 Å². The maximum Gasteiger partial charge on any atom is 0.179 e. The second-order valence-corrected chi connectivity index (χ2v) is 19.1. The van der Waals surface area contributed by atoms with Gasteiger partial charge < -0.3 is 4.57 Å². The number of fused-ring (bicyclic) bond motifs is 8. The Hall–Kier alpha value is -6.60. The monoisotopic (exact) mass is 738 g/mol. The fourth-order valence-corrected chi connectivity index (χ4v) is 14.9. The number of aryl methyl sites for hydroxylation is 1. The van der Waals surface area contributed by atoms with Crippen LogP contribution in [0.5, 0.6) is 0 Å². The largest absolute Gasteiger partial charge is 0.327 e. The summed E-state index contributed by atoms with van der Waals surface area (Å²) in [6, 6.07) is 66.6. The Bertz CT molecular complexity index is 3190. The zero-order valence-electron chi connectivity index (χ0n) is 30.1. The molecular formula is C49H34N4SSi. The van der Waals surface area contributed by atoms with E-state index in [9.17, 15) is 0 Å². The van der Waals surface area contributed by atoms with Crippen LogP contribution in [0.1, 0.15) is 0 Å². The van der Waals surface area contributed by atoms with Crippen molar-refractivity contribution in [2.75, 3.05) is 0 Å². The van der Waals surface area contributed by atoms with Crippen LogP contribution in [0.2, 0.25) is 0 Å². The van der Waals surface area contributed by atoms with E-state index in [0.29, 0.717) is 0 Å². The van der Waals surface area contributed by atoms with Gasteiger partial charge in [-0.3, -0.25) is 4.57 Å². The first-order valence-electron chi connectivity index (χ1n) is 18.6. The van der Waals surface area contributed by atoms with Crippen molar-refractivity contribution in [2.24, 2.45) is 7.05 Å². The predicted molar refractivity (Wildman–Crippen MR) is 235 cm³/mol. The fourth-order valence-electron chi connectivity index (χ4n) is 8.89. The Labute approximate surface area is 323 Å². The first-order chi connectivity index (χ1) is 27.2. The van der Waals surface area contributed by atoms with E-state index in [0.717, 1.165) is 39.3 Å². The zero-order valence-corrected chi connectivity index (χ0v) is 31.9. The Balaban J connectivity index is 1.20. The molecule has 11 aromatic rings. The van der Waals surface area contributed by atoms with E-state index >= 15 is 0 Å². The number of pyridine rings is 1. The van der Waals surface area contributed by atoms with E-state index in [-0.39, 0.29) is 0 Å². The molecule has 260 valence electrons. The van der Waals surface area contributed by atoms with Crippen LogP contribution in [0.25, 0.3) is 70.2 Å². The molecule has 0 bridgehead atoms. The summed E-state index contributed by atoms with van der Waals surface area (Å²) in [4.78, 5) is 10.4. The maximum atomic E-state index is 5.25. The maximum absolute atomic E-state index is 5.25. The van der Waals surface area contributed by atoms with Crippen molar-refractivity contribution in [3.63, 3.8) is 0 Å². The third-order valence-corrected chi connectivity index (χ3v) is 17.3. The number of rotatable bonds is 6. The highest BCUT2D eigenvalue weighted by molar-refractivity contribution is 7.26. The molecule has 0 spiro atoms. The van der Waals surface area contributed by atoms with Crippen molar-refractivity contribution in [2.45, 2.75) is 0 Å². The van der Waals surface area contributed by atoms with Crippen LogP contribution >= 0.6 is 11.3 Å². The molecule has 4 heterocycles. The van der Waals surface area contributed by atoms with Crippen molar-refractivity contribution in [3.8, 4) is 17.1 Å². The van der Waals surface area contributed by atoms with Crippen molar-refractivity contribution in [1.29, 1.82) is 0 Å². The number of para-hydroxylation sites is 3. The molecule has 6 heteroatoms. The van der Waals surface area contributed by atoms with Gasteiger partial charge in [0.1, 0.15) is 11.5 Å². The Morgan fingerprint density at radius 3 is 1.91 bits per heavy atom. The first-order valence-corrected chi connectivity index (χ1v) is 21.5. The standard InChI is InChI=1S/C49H34N4SSi/c1-52-44-28-12-10-26-42(44)51-48(52)33-16-14-22-37(30-33)55(35-18-4-2-5-19-35,36-20-6-3-7-21-36)38-23-15-17-34(31-38)53-43-27-11-8-25-40(43)46-47-41(32-50-49(46)53)39-24-9-13-29-45(39)54-47/h2-32H,1H3. The smallest absolute Gasteiger partial charge is 0.179 e. The highest BCUT2D eigenvalue weighted by atomic mass is 32.1. The molecule has 0 N–H and O–H groups in total. The number of aromatic nitrogens is 4. The molecule has 0 aliphatic carbocycles. The Kier molecular flexibility index (Phi) is 7.24. The molecule has 55 heavy (non-hydrogen) atoms. The molecule has 11 rings (SSSR count). The first kappa shape index (κ1) is 31.9. The number of nitrogens with zero attached hydrogens (tertiary/aromatic N) is 4. The predicted octanol–water partition coefficient (Wildman–Crippen LogP) is 9.48. The number of hydrogen-bond acceptors (Lipinski definition) is 3. The van der Waals surface area contributed by atoms with Gasteiger partial charge in [0, 0.05) is 55.4 Å². The lowest BCUT2D eigenvalue weighted by Gasteiger charge is -2.35. The molecule has 0 aliphatic rings. The summed E-state index contributed by atoms with van der Waals surface area (Å²) in [7, 11) is -0.817. The van der Waals surface area contributed by atoms with E-state index in [2.05, 4.69) is 204 Å². The lowest BCUT2D eigenvalue weighted by molar-refractivity contribution is 0.959. The Morgan fingerprint density at radius 1 is 0.527 bits per heavy atom. The summed E-state index contributed by atoms with van der Waals surface area (Å²) < 4.78 is 7.16. The second kappa shape index (κ2) is 12.5. The molecule has 4 aromatic heterocycles. The van der Waals surface area contributed by atoms with E-state index in [4.69, 9.17) is 9.97 Å². The van der Waals surface area contributed by atoms with Gasteiger partial charge in [0.2, 0.25) is 0 Å². The highest BCUT2D eigenvalue weighted by Crippen LogP contribution is 2.42. The molecule has 0 aliphatic heterocycles. The molecule has 7 aromatic carbocycles. The fraction of sp³-hybridized carbons (Fsp3) is 0.0204. The molecule has 0 saturated heterocycles. The van der Waals surface area contributed by atoms with Crippen LogP contribution in [-0.4, -0.2) is 27.2 Å². The molecule has 0 amide bonds. The van der Waals surface area contributed by atoms with Crippen molar-refractivity contribution in [3.05, 3.63) is 188 Å². The second-order valence-electron chi connectivity index (χ2n) is 14.2. The summed E-state index contributed by atoms with van der Waals surface area (Å²) in [5.74, 6) is 0.963. The van der Waals surface area contributed by atoms with Crippen LogP contribution in [0.3, 0.4) is 0 Å². The average molecular weight is 739 g/mol. The quantitative estimate of drug-likeness (QED) is 0.126.